The number of ether oxygens (including phenoxy) is 2. The number of nitrogens with zero attached hydrogens (tertiary/aromatic N) is 2. The minimum atomic E-state index is 0.271. The molecule has 0 amide bonds. The van der Waals surface area contributed by atoms with Gasteiger partial charge in [0.2, 0.25) is 0 Å². The van der Waals surface area contributed by atoms with E-state index in [0.29, 0.717) is 0 Å². The molecule has 3 rings (SSSR count). The molecule has 0 N–H and O–H groups in total. The van der Waals surface area contributed by atoms with Crippen LogP contribution in [-0.4, -0.2) is 51.6 Å². The topological polar surface area (TPSA) is 42.0 Å². The highest BCUT2D eigenvalue weighted by molar-refractivity contribution is 5.78. The molecule has 144 valence electrons. The summed E-state index contributed by atoms with van der Waals surface area (Å²) in [5.74, 6) is 1.67. The van der Waals surface area contributed by atoms with Gasteiger partial charge < -0.3 is 14.4 Å². The average Bonchev–Trinajstić information content (AvgIpc) is 2.72. The van der Waals surface area contributed by atoms with Crippen molar-refractivity contribution >= 4 is 12.0 Å². The largest absolute Gasteiger partial charge is 0.497 e. The lowest BCUT2D eigenvalue weighted by atomic mass is 10.0. The molecule has 1 heterocycles. The zero-order valence-corrected chi connectivity index (χ0v) is 16.6. The number of benzene rings is 2. The van der Waals surface area contributed by atoms with E-state index in [2.05, 4.69) is 28.9 Å². The van der Waals surface area contributed by atoms with Crippen LogP contribution in [0.5, 0.6) is 11.5 Å². The van der Waals surface area contributed by atoms with Gasteiger partial charge in [0.05, 0.1) is 14.2 Å². The molecular formula is C22H28N2O3. The van der Waals surface area contributed by atoms with Crippen LogP contribution in [0.2, 0.25) is 0 Å². The molecule has 0 saturated carbocycles. The highest BCUT2D eigenvalue weighted by Gasteiger charge is 2.24. The minimum Gasteiger partial charge on any atom is -0.497 e. The zero-order chi connectivity index (χ0) is 19.4. The summed E-state index contributed by atoms with van der Waals surface area (Å²) in [5, 5.41) is 0. The van der Waals surface area contributed by atoms with Crippen LogP contribution in [0.15, 0.2) is 36.4 Å². The number of methoxy groups -OCH3 is 2. The number of carbonyl (C=O) groups is 1. The number of rotatable bonds is 6. The predicted molar refractivity (Wildman–Crippen MR) is 108 cm³/mol. The molecule has 27 heavy (non-hydrogen) atoms. The molecule has 0 bridgehead atoms. The van der Waals surface area contributed by atoms with Crippen LogP contribution >= 0.6 is 0 Å². The maximum absolute atomic E-state index is 11.0. The fourth-order valence-corrected chi connectivity index (χ4v) is 3.72. The summed E-state index contributed by atoms with van der Waals surface area (Å²) in [6, 6.07) is 12.4. The van der Waals surface area contributed by atoms with Gasteiger partial charge in [0.15, 0.2) is 0 Å². The summed E-state index contributed by atoms with van der Waals surface area (Å²) in [7, 11) is 3.37. The van der Waals surface area contributed by atoms with E-state index in [1.54, 1.807) is 14.2 Å². The van der Waals surface area contributed by atoms with Crippen LogP contribution in [-0.2, 0) is 0 Å². The average molecular weight is 368 g/mol. The summed E-state index contributed by atoms with van der Waals surface area (Å²) in [5.41, 5.74) is 4.16. The quantitative estimate of drug-likeness (QED) is 0.727. The Morgan fingerprint density at radius 2 is 1.74 bits per heavy atom. The molecule has 2 aromatic rings. The van der Waals surface area contributed by atoms with E-state index >= 15 is 0 Å². The van der Waals surface area contributed by atoms with E-state index in [1.165, 1.54) is 11.3 Å². The number of hydrogen-bond donors (Lipinski definition) is 0. The lowest BCUT2D eigenvalue weighted by Gasteiger charge is -2.39. The molecular weight excluding hydrogens is 340 g/mol. The lowest BCUT2D eigenvalue weighted by molar-refractivity contribution is 0.112. The van der Waals surface area contributed by atoms with Gasteiger partial charge in [0, 0.05) is 55.1 Å². The summed E-state index contributed by atoms with van der Waals surface area (Å²) in [6.45, 7) is 8.09. The molecule has 5 nitrogen and oxygen atoms in total. The predicted octanol–water partition coefficient (Wildman–Crippen LogP) is 3.71. The summed E-state index contributed by atoms with van der Waals surface area (Å²) < 4.78 is 10.9. The van der Waals surface area contributed by atoms with Crippen molar-refractivity contribution in [2.24, 2.45) is 0 Å². The van der Waals surface area contributed by atoms with Gasteiger partial charge >= 0.3 is 0 Å². The molecule has 0 radical (unpaired) electrons. The first-order chi connectivity index (χ1) is 13.1. The first kappa shape index (κ1) is 19.2. The minimum absolute atomic E-state index is 0.271. The van der Waals surface area contributed by atoms with Crippen molar-refractivity contribution < 1.29 is 14.3 Å². The Balaban J connectivity index is 1.68. The van der Waals surface area contributed by atoms with Crippen molar-refractivity contribution in [1.29, 1.82) is 0 Å². The van der Waals surface area contributed by atoms with E-state index in [4.69, 9.17) is 9.47 Å². The van der Waals surface area contributed by atoms with Gasteiger partial charge in [-0.2, -0.15) is 0 Å². The summed E-state index contributed by atoms with van der Waals surface area (Å²) in [4.78, 5) is 15.9. The number of anilines is 1. The van der Waals surface area contributed by atoms with E-state index in [1.807, 2.05) is 31.2 Å². The van der Waals surface area contributed by atoms with E-state index in [9.17, 15) is 4.79 Å². The van der Waals surface area contributed by atoms with Gasteiger partial charge in [0.25, 0.3) is 0 Å². The van der Waals surface area contributed by atoms with Gasteiger partial charge in [-0.05, 0) is 43.7 Å². The smallest absolute Gasteiger partial charge is 0.150 e. The molecule has 1 fully saturated rings. The van der Waals surface area contributed by atoms with Crippen LogP contribution in [0.3, 0.4) is 0 Å². The fraction of sp³-hybridized carbons (Fsp3) is 0.409. The zero-order valence-electron chi connectivity index (χ0n) is 16.6. The molecule has 0 aliphatic carbocycles. The van der Waals surface area contributed by atoms with E-state index in [-0.39, 0.29) is 6.04 Å². The van der Waals surface area contributed by atoms with Crippen molar-refractivity contribution in [3.05, 3.63) is 53.1 Å². The molecule has 1 atom stereocenters. The normalized spacial score (nSPS) is 16.1. The Labute approximate surface area is 161 Å². The van der Waals surface area contributed by atoms with Gasteiger partial charge in [-0.1, -0.05) is 6.07 Å². The second-order valence-corrected chi connectivity index (χ2v) is 6.97. The second kappa shape index (κ2) is 8.44. The van der Waals surface area contributed by atoms with Crippen molar-refractivity contribution in [3.8, 4) is 11.5 Å². The Hall–Kier alpha value is -2.53. The summed E-state index contributed by atoms with van der Waals surface area (Å²) >= 11 is 0. The van der Waals surface area contributed by atoms with Crippen LogP contribution in [0.25, 0.3) is 0 Å². The van der Waals surface area contributed by atoms with Crippen LogP contribution in [0.1, 0.15) is 34.5 Å². The molecule has 1 aliphatic heterocycles. The Kier molecular flexibility index (Phi) is 6.01. The van der Waals surface area contributed by atoms with E-state index in [0.717, 1.165) is 55.1 Å². The highest BCUT2D eigenvalue weighted by atomic mass is 16.5. The van der Waals surface area contributed by atoms with Crippen molar-refractivity contribution in [3.63, 3.8) is 0 Å². The van der Waals surface area contributed by atoms with Crippen LogP contribution in [0.4, 0.5) is 5.69 Å². The van der Waals surface area contributed by atoms with Gasteiger partial charge in [-0.3, -0.25) is 9.69 Å². The fourth-order valence-electron chi connectivity index (χ4n) is 3.72. The first-order valence-corrected chi connectivity index (χ1v) is 9.34. The maximum atomic E-state index is 11.0. The summed E-state index contributed by atoms with van der Waals surface area (Å²) in [6.07, 6.45) is 0.918. The van der Waals surface area contributed by atoms with Crippen molar-refractivity contribution in [2.45, 2.75) is 19.9 Å². The molecule has 1 aliphatic rings. The number of piperazine rings is 1. The number of aldehydes is 1. The molecule has 0 aromatic heterocycles. The van der Waals surface area contributed by atoms with Crippen LogP contribution in [0, 0.1) is 6.92 Å². The SMILES string of the molecule is COc1ccc(C(C)N2CCN(c3ccc(C=O)c(C)c3)CC2)c(OC)c1. The third-order valence-corrected chi connectivity index (χ3v) is 5.50. The lowest BCUT2D eigenvalue weighted by Crippen LogP contribution is -2.47. The Morgan fingerprint density at radius 1 is 1.00 bits per heavy atom. The molecule has 5 heteroatoms. The monoisotopic (exact) mass is 368 g/mol. The Morgan fingerprint density at radius 3 is 2.33 bits per heavy atom. The van der Waals surface area contributed by atoms with Gasteiger partial charge in [0.1, 0.15) is 17.8 Å². The van der Waals surface area contributed by atoms with Gasteiger partial charge in [-0.15, -0.1) is 0 Å². The first-order valence-electron chi connectivity index (χ1n) is 9.34. The highest BCUT2D eigenvalue weighted by Crippen LogP contribution is 2.33. The number of aryl methyl sites for hydroxylation is 1. The molecule has 0 spiro atoms. The second-order valence-electron chi connectivity index (χ2n) is 6.97. The number of hydrogen-bond acceptors (Lipinski definition) is 5. The van der Waals surface area contributed by atoms with Crippen molar-refractivity contribution in [1.82, 2.24) is 4.90 Å². The molecule has 1 unspecified atom stereocenters. The van der Waals surface area contributed by atoms with E-state index < -0.39 is 0 Å². The molecule has 1 saturated heterocycles. The third kappa shape index (κ3) is 4.08. The van der Waals surface area contributed by atoms with Crippen molar-refractivity contribution in [2.75, 3.05) is 45.3 Å². The Bertz CT molecular complexity index is 798. The number of carbonyl (C=O) groups excluding carboxylic acids is 1. The third-order valence-electron chi connectivity index (χ3n) is 5.50. The van der Waals surface area contributed by atoms with Gasteiger partial charge in [-0.25, -0.2) is 0 Å². The molecule has 2 aromatic carbocycles. The maximum Gasteiger partial charge on any atom is 0.150 e. The standard InChI is InChI=1S/C22H28N2O3/c1-16-13-19(6-5-18(16)15-25)24-11-9-23(10-12-24)17(2)21-8-7-20(26-3)14-22(21)27-4/h5-8,13-15,17H,9-12H2,1-4H3. The van der Waals surface area contributed by atoms with Crippen LogP contribution < -0.4 is 14.4 Å².